The summed E-state index contributed by atoms with van der Waals surface area (Å²) in [6.07, 6.45) is 1.69. The first kappa shape index (κ1) is 21.2. The summed E-state index contributed by atoms with van der Waals surface area (Å²) >= 11 is 6.40. The van der Waals surface area contributed by atoms with Gasteiger partial charge in [0.1, 0.15) is 5.56 Å². The molecule has 27 heavy (non-hydrogen) atoms. The number of aromatic nitrogens is 2. The molecule has 2 aromatic rings. The predicted molar refractivity (Wildman–Crippen MR) is 103 cm³/mol. The Bertz CT molecular complexity index is 969. The first-order valence-electron chi connectivity index (χ1n) is 8.12. The third-order valence-corrected chi connectivity index (χ3v) is 5.53. The number of hydrogen-bond donors (Lipinski definition) is 2. The molecule has 0 atom stereocenters. The van der Waals surface area contributed by atoms with Crippen molar-refractivity contribution < 1.29 is 23.1 Å². The molecule has 1 aromatic heterocycles. The van der Waals surface area contributed by atoms with Crippen LogP contribution in [-0.4, -0.2) is 55.6 Å². The number of carbonyl (C=O) groups is 1. The number of carbonyl (C=O) groups excluding carboxylic acids is 1. The Morgan fingerprint density at radius 2 is 2.07 bits per heavy atom. The van der Waals surface area contributed by atoms with Gasteiger partial charge in [0.25, 0.3) is 0 Å². The molecule has 1 aromatic carbocycles. The van der Waals surface area contributed by atoms with Gasteiger partial charge in [-0.25, -0.2) is 13.1 Å². The smallest absolute Gasteiger partial charge is 0.220 e. The molecule has 148 valence electrons. The van der Waals surface area contributed by atoms with E-state index in [9.17, 15) is 18.3 Å². The molecule has 0 bridgehead atoms. The lowest BCUT2D eigenvalue weighted by molar-refractivity contribution is 0.103. The topological polar surface area (TPSA) is 111 Å². The van der Waals surface area contributed by atoms with Gasteiger partial charge in [0.2, 0.25) is 11.7 Å². The quantitative estimate of drug-likeness (QED) is 0.502. The van der Waals surface area contributed by atoms with E-state index >= 15 is 0 Å². The van der Waals surface area contributed by atoms with Gasteiger partial charge in [-0.15, -0.1) is 0 Å². The third-order valence-electron chi connectivity index (χ3n) is 3.99. The number of ether oxygens (including phenoxy) is 1. The lowest BCUT2D eigenvalue weighted by atomic mass is 10.0. The van der Waals surface area contributed by atoms with Crippen LogP contribution in [0.5, 0.6) is 5.88 Å². The van der Waals surface area contributed by atoms with E-state index in [0.29, 0.717) is 25.3 Å². The molecule has 10 heteroatoms. The SMILES string of the molecule is COCCCNc1c(S(C)(=O)=O)ccc(C(=O)c2c(C)nn(C)c2O)c1Cl. The zero-order valence-electron chi connectivity index (χ0n) is 15.5. The van der Waals surface area contributed by atoms with Crippen LogP contribution in [0.4, 0.5) is 5.69 Å². The highest BCUT2D eigenvalue weighted by Crippen LogP contribution is 2.35. The van der Waals surface area contributed by atoms with Gasteiger partial charge in [0.15, 0.2) is 9.84 Å². The fourth-order valence-electron chi connectivity index (χ4n) is 2.68. The van der Waals surface area contributed by atoms with Crippen molar-refractivity contribution in [2.75, 3.05) is 31.8 Å². The molecule has 0 radical (unpaired) electrons. The Hall–Kier alpha value is -2.10. The van der Waals surface area contributed by atoms with Crippen LogP contribution in [0.2, 0.25) is 5.02 Å². The second-order valence-corrected chi connectivity index (χ2v) is 8.44. The largest absolute Gasteiger partial charge is 0.493 e. The maximum absolute atomic E-state index is 12.9. The van der Waals surface area contributed by atoms with Gasteiger partial charge >= 0.3 is 0 Å². The Morgan fingerprint density at radius 1 is 1.41 bits per heavy atom. The van der Waals surface area contributed by atoms with E-state index in [4.69, 9.17) is 16.3 Å². The summed E-state index contributed by atoms with van der Waals surface area (Å²) in [6.45, 7) is 2.49. The second-order valence-electron chi connectivity index (χ2n) is 6.08. The fourth-order valence-corrected chi connectivity index (χ4v) is 3.92. The van der Waals surface area contributed by atoms with E-state index in [-0.39, 0.29) is 32.6 Å². The van der Waals surface area contributed by atoms with Crippen LogP contribution in [0.15, 0.2) is 17.0 Å². The number of benzene rings is 1. The normalized spacial score (nSPS) is 11.6. The van der Waals surface area contributed by atoms with Gasteiger partial charge in [-0.3, -0.25) is 4.79 Å². The zero-order valence-corrected chi connectivity index (χ0v) is 17.1. The number of ketones is 1. The summed E-state index contributed by atoms with van der Waals surface area (Å²) in [5, 5.41) is 17.1. The summed E-state index contributed by atoms with van der Waals surface area (Å²) in [5.74, 6) is -0.821. The molecule has 0 unspecified atom stereocenters. The molecule has 1 heterocycles. The Morgan fingerprint density at radius 3 is 2.59 bits per heavy atom. The molecule has 0 aliphatic carbocycles. The van der Waals surface area contributed by atoms with Crippen molar-refractivity contribution in [2.45, 2.75) is 18.2 Å². The number of methoxy groups -OCH3 is 1. The average molecular weight is 416 g/mol. The number of aromatic hydroxyl groups is 1. The van der Waals surface area contributed by atoms with Crippen LogP contribution in [0.25, 0.3) is 0 Å². The number of aryl methyl sites for hydroxylation is 2. The van der Waals surface area contributed by atoms with Gasteiger partial charge in [-0.05, 0) is 25.5 Å². The summed E-state index contributed by atoms with van der Waals surface area (Å²) in [7, 11) is -0.497. The first-order valence-corrected chi connectivity index (χ1v) is 10.4. The molecule has 0 saturated carbocycles. The number of rotatable bonds is 8. The summed E-state index contributed by atoms with van der Waals surface area (Å²) in [6, 6.07) is 2.67. The van der Waals surface area contributed by atoms with E-state index in [1.165, 1.54) is 23.9 Å². The van der Waals surface area contributed by atoms with Crippen LogP contribution in [-0.2, 0) is 21.6 Å². The number of nitrogens with zero attached hydrogens (tertiary/aromatic N) is 2. The van der Waals surface area contributed by atoms with E-state index in [2.05, 4.69) is 10.4 Å². The minimum atomic E-state index is -3.57. The zero-order chi connectivity index (χ0) is 20.4. The molecule has 0 aliphatic rings. The Labute approximate surface area is 163 Å². The van der Waals surface area contributed by atoms with Gasteiger partial charge in [0, 0.05) is 39.1 Å². The van der Waals surface area contributed by atoms with Gasteiger partial charge < -0.3 is 15.2 Å². The lowest BCUT2D eigenvalue weighted by Gasteiger charge is -2.15. The van der Waals surface area contributed by atoms with E-state index < -0.39 is 15.6 Å². The van der Waals surface area contributed by atoms with Gasteiger partial charge in [-0.2, -0.15) is 5.10 Å². The monoisotopic (exact) mass is 415 g/mol. The molecule has 2 N–H and O–H groups in total. The highest BCUT2D eigenvalue weighted by Gasteiger charge is 2.26. The standard InChI is InChI=1S/C17H22ClN3O5S/c1-10-13(17(23)21(2)20-10)16(22)11-6-7-12(27(4,24)25)15(14(11)18)19-8-5-9-26-3/h6-7,19,23H,5,8-9H2,1-4H3. The summed E-state index contributed by atoms with van der Waals surface area (Å²) in [4.78, 5) is 12.9. The fraction of sp³-hybridized carbons (Fsp3) is 0.412. The number of anilines is 1. The molecular weight excluding hydrogens is 394 g/mol. The van der Waals surface area contributed by atoms with Gasteiger partial charge in [0.05, 0.1) is 21.3 Å². The van der Waals surface area contributed by atoms with Crippen molar-refractivity contribution in [3.63, 3.8) is 0 Å². The number of sulfone groups is 1. The predicted octanol–water partition coefficient (Wildman–Crippen LogP) is 2.17. The van der Waals surface area contributed by atoms with Crippen molar-refractivity contribution in [3.8, 4) is 5.88 Å². The average Bonchev–Trinajstić information content (AvgIpc) is 2.83. The number of hydrogen-bond acceptors (Lipinski definition) is 7. The minimum Gasteiger partial charge on any atom is -0.493 e. The molecular formula is C17H22ClN3O5S. The highest BCUT2D eigenvalue weighted by atomic mass is 35.5. The molecule has 8 nitrogen and oxygen atoms in total. The lowest BCUT2D eigenvalue weighted by Crippen LogP contribution is -2.12. The van der Waals surface area contributed by atoms with Crippen LogP contribution < -0.4 is 5.32 Å². The van der Waals surface area contributed by atoms with Crippen LogP contribution in [0, 0.1) is 6.92 Å². The van der Waals surface area contributed by atoms with Crippen molar-refractivity contribution in [2.24, 2.45) is 7.05 Å². The van der Waals surface area contributed by atoms with E-state index in [1.807, 2.05) is 0 Å². The number of nitrogens with one attached hydrogen (secondary N) is 1. The third kappa shape index (κ3) is 4.42. The maximum Gasteiger partial charge on any atom is 0.220 e. The van der Waals surface area contributed by atoms with Crippen LogP contribution in [0.3, 0.4) is 0 Å². The highest BCUT2D eigenvalue weighted by molar-refractivity contribution is 7.90. The van der Waals surface area contributed by atoms with Crippen molar-refractivity contribution in [1.82, 2.24) is 9.78 Å². The Balaban J connectivity index is 2.53. The van der Waals surface area contributed by atoms with Gasteiger partial charge in [-0.1, -0.05) is 11.6 Å². The van der Waals surface area contributed by atoms with E-state index in [1.54, 1.807) is 14.0 Å². The summed E-state index contributed by atoms with van der Waals surface area (Å²) < 4.78 is 30.4. The summed E-state index contributed by atoms with van der Waals surface area (Å²) in [5.41, 5.74) is 0.599. The van der Waals surface area contributed by atoms with Crippen LogP contribution in [0.1, 0.15) is 28.0 Å². The molecule has 0 fully saturated rings. The van der Waals surface area contributed by atoms with Crippen LogP contribution >= 0.6 is 11.6 Å². The molecule has 0 amide bonds. The van der Waals surface area contributed by atoms with Crippen molar-refractivity contribution in [3.05, 3.63) is 34.0 Å². The molecule has 2 rings (SSSR count). The second kappa shape index (κ2) is 8.28. The molecule has 0 aliphatic heterocycles. The maximum atomic E-state index is 12.9. The van der Waals surface area contributed by atoms with Crippen molar-refractivity contribution >= 4 is 32.9 Å². The van der Waals surface area contributed by atoms with Crippen molar-refractivity contribution in [1.29, 1.82) is 0 Å². The number of halogens is 1. The molecule has 0 spiro atoms. The first-order chi connectivity index (χ1) is 12.6. The molecule has 0 saturated heterocycles. The Kier molecular flexibility index (Phi) is 6.50. The van der Waals surface area contributed by atoms with E-state index in [0.717, 1.165) is 6.26 Å². The minimum absolute atomic E-state index is 0.00593.